The number of aromatic nitrogens is 1. The second-order valence-electron chi connectivity index (χ2n) is 7.41. The first kappa shape index (κ1) is 20.1. The van der Waals surface area contributed by atoms with Gasteiger partial charge in [0.05, 0.1) is 12.1 Å². The van der Waals surface area contributed by atoms with Crippen LogP contribution in [0.15, 0.2) is 46.2 Å². The largest absolute Gasteiger partial charge is 0.459 e. The third kappa shape index (κ3) is 4.71. The van der Waals surface area contributed by atoms with Crippen LogP contribution < -0.4 is 5.32 Å². The van der Waals surface area contributed by atoms with E-state index in [9.17, 15) is 4.79 Å². The Hall–Kier alpha value is -2.15. The Balaban J connectivity index is 1.41. The summed E-state index contributed by atoms with van der Waals surface area (Å²) in [6, 6.07) is 11.7. The predicted octanol–water partition coefficient (Wildman–Crippen LogP) is 4.77. The number of nitrogens with zero attached hydrogens (tertiary/aromatic N) is 1. The van der Waals surface area contributed by atoms with Crippen molar-refractivity contribution < 1.29 is 13.9 Å². The number of hydrogen-bond acceptors (Lipinski definition) is 5. The Morgan fingerprint density at radius 2 is 1.97 bits per heavy atom. The van der Waals surface area contributed by atoms with Gasteiger partial charge in [0, 0.05) is 35.6 Å². The maximum atomic E-state index is 12.6. The van der Waals surface area contributed by atoms with Crippen LogP contribution in [0.5, 0.6) is 0 Å². The molecule has 1 fully saturated rings. The van der Waals surface area contributed by atoms with Gasteiger partial charge in [0.25, 0.3) is 0 Å². The van der Waals surface area contributed by atoms with Gasteiger partial charge in [-0.05, 0) is 49.6 Å². The first-order valence-corrected chi connectivity index (χ1v) is 10.9. The van der Waals surface area contributed by atoms with Gasteiger partial charge in [-0.25, -0.2) is 4.98 Å². The minimum Gasteiger partial charge on any atom is -0.459 e. The molecule has 0 aliphatic carbocycles. The van der Waals surface area contributed by atoms with Crippen LogP contribution in [0.4, 0.5) is 0 Å². The monoisotopic (exact) mass is 430 g/mol. The van der Waals surface area contributed by atoms with Gasteiger partial charge in [-0.1, -0.05) is 23.7 Å². The van der Waals surface area contributed by atoms with Crippen molar-refractivity contribution in [1.82, 2.24) is 10.3 Å². The number of halogens is 1. The van der Waals surface area contributed by atoms with Crippen molar-refractivity contribution in [2.75, 3.05) is 19.8 Å². The molecule has 3 heterocycles. The third-order valence-corrected chi connectivity index (χ3v) is 6.53. The molecular formula is C22H23ClN2O3S. The average Bonchev–Trinajstić information content (AvgIpc) is 3.36. The fourth-order valence-electron chi connectivity index (χ4n) is 3.68. The zero-order valence-corrected chi connectivity index (χ0v) is 17.8. The van der Waals surface area contributed by atoms with Gasteiger partial charge in [0.1, 0.15) is 5.76 Å². The molecule has 0 bridgehead atoms. The van der Waals surface area contributed by atoms with Crippen molar-refractivity contribution in [3.63, 3.8) is 0 Å². The van der Waals surface area contributed by atoms with E-state index in [0.717, 1.165) is 35.1 Å². The Kier molecular flexibility index (Phi) is 6.04. The highest BCUT2D eigenvalue weighted by atomic mass is 35.5. The van der Waals surface area contributed by atoms with Crippen LogP contribution in [0.1, 0.15) is 29.9 Å². The van der Waals surface area contributed by atoms with E-state index in [1.165, 1.54) is 16.9 Å². The Labute approximate surface area is 179 Å². The molecule has 3 aromatic rings. The second kappa shape index (κ2) is 8.69. The van der Waals surface area contributed by atoms with Gasteiger partial charge < -0.3 is 14.5 Å². The van der Waals surface area contributed by atoms with Crippen molar-refractivity contribution in [1.29, 1.82) is 0 Å². The van der Waals surface area contributed by atoms with Crippen LogP contribution in [0, 0.1) is 6.92 Å². The minimum absolute atomic E-state index is 0.0303. The molecule has 0 spiro atoms. The van der Waals surface area contributed by atoms with Crippen molar-refractivity contribution in [2.24, 2.45) is 0 Å². The van der Waals surface area contributed by atoms with Crippen LogP contribution in [0.3, 0.4) is 0 Å². The Morgan fingerprint density at radius 1 is 1.21 bits per heavy atom. The number of thiazole rings is 1. The van der Waals surface area contributed by atoms with E-state index in [0.29, 0.717) is 24.8 Å². The molecule has 2 aromatic heterocycles. The lowest BCUT2D eigenvalue weighted by Crippen LogP contribution is -2.45. The highest BCUT2D eigenvalue weighted by molar-refractivity contribution is 7.13. The molecule has 1 N–H and O–H groups in total. The highest BCUT2D eigenvalue weighted by Gasteiger charge is 2.34. The normalized spacial score (nSPS) is 15.9. The number of carbonyl (C=O) groups excluding carboxylic acids is 1. The van der Waals surface area contributed by atoms with Crippen molar-refractivity contribution in [2.45, 2.75) is 31.6 Å². The number of aryl methyl sites for hydroxylation is 1. The molecule has 0 radical (unpaired) electrons. The molecule has 7 heteroatoms. The van der Waals surface area contributed by atoms with E-state index in [4.69, 9.17) is 20.8 Å². The summed E-state index contributed by atoms with van der Waals surface area (Å²) in [6.45, 7) is 3.86. The number of benzene rings is 1. The van der Waals surface area contributed by atoms with Gasteiger partial charge in [-0.15, -0.1) is 11.3 Å². The Morgan fingerprint density at radius 3 is 2.66 bits per heavy atom. The third-order valence-electron chi connectivity index (χ3n) is 5.38. The van der Waals surface area contributed by atoms with Crippen molar-refractivity contribution >= 4 is 28.8 Å². The fourth-order valence-corrected chi connectivity index (χ4v) is 4.58. The molecule has 1 aliphatic rings. The number of furan rings is 1. The summed E-state index contributed by atoms with van der Waals surface area (Å²) in [5.41, 5.74) is 1.82. The number of amides is 1. The second-order valence-corrected chi connectivity index (χ2v) is 8.70. The zero-order chi connectivity index (χ0) is 20.3. The van der Waals surface area contributed by atoms with Crippen LogP contribution >= 0.6 is 22.9 Å². The molecular weight excluding hydrogens is 408 g/mol. The molecule has 29 heavy (non-hydrogen) atoms. The molecule has 5 nitrogen and oxygen atoms in total. The average molecular weight is 431 g/mol. The first-order chi connectivity index (χ1) is 14.0. The summed E-state index contributed by atoms with van der Waals surface area (Å²) in [5.74, 6) is 1.55. The molecule has 1 saturated heterocycles. The number of ether oxygens (including phenoxy) is 1. The van der Waals surface area contributed by atoms with E-state index in [1.807, 2.05) is 36.6 Å². The fraction of sp³-hybridized carbons (Fsp3) is 0.364. The van der Waals surface area contributed by atoms with E-state index < -0.39 is 0 Å². The summed E-state index contributed by atoms with van der Waals surface area (Å²) in [7, 11) is 0. The van der Waals surface area contributed by atoms with E-state index in [2.05, 4.69) is 22.4 Å². The maximum Gasteiger partial charge on any atom is 0.226 e. The van der Waals surface area contributed by atoms with Crippen LogP contribution in [0.2, 0.25) is 5.02 Å². The minimum atomic E-state index is -0.128. The van der Waals surface area contributed by atoms with Crippen molar-refractivity contribution in [3.05, 3.63) is 63.8 Å². The van der Waals surface area contributed by atoms with E-state index >= 15 is 0 Å². The van der Waals surface area contributed by atoms with Crippen LogP contribution in [-0.4, -0.2) is 30.6 Å². The zero-order valence-electron chi connectivity index (χ0n) is 16.2. The summed E-state index contributed by atoms with van der Waals surface area (Å²) in [4.78, 5) is 17.2. The van der Waals surface area contributed by atoms with Crippen LogP contribution in [-0.2, 0) is 21.4 Å². The molecule has 1 amide bonds. The van der Waals surface area contributed by atoms with Gasteiger partial charge in [-0.2, -0.15) is 0 Å². The molecule has 0 unspecified atom stereocenters. The van der Waals surface area contributed by atoms with Crippen molar-refractivity contribution in [3.8, 4) is 10.8 Å². The van der Waals surface area contributed by atoms with Gasteiger partial charge in [0.15, 0.2) is 10.8 Å². The lowest BCUT2D eigenvalue weighted by Gasteiger charge is -2.38. The van der Waals surface area contributed by atoms with Gasteiger partial charge >= 0.3 is 0 Å². The number of nitrogens with one attached hydrogen (secondary N) is 1. The van der Waals surface area contributed by atoms with E-state index in [1.54, 1.807) is 0 Å². The summed E-state index contributed by atoms with van der Waals surface area (Å²) < 4.78 is 11.2. The SMILES string of the molecule is Cc1ccc(-c2nc(CC(=O)NCC3(c4ccc(Cl)cc4)CCOCC3)cs2)o1. The number of hydrogen-bond donors (Lipinski definition) is 1. The Bertz CT molecular complexity index is 974. The molecule has 4 rings (SSSR count). The summed E-state index contributed by atoms with van der Waals surface area (Å²) in [5, 5.41) is 6.54. The molecule has 152 valence electrons. The maximum absolute atomic E-state index is 12.6. The topological polar surface area (TPSA) is 64.4 Å². The number of rotatable bonds is 6. The highest BCUT2D eigenvalue weighted by Crippen LogP contribution is 2.35. The van der Waals surface area contributed by atoms with E-state index in [-0.39, 0.29) is 17.7 Å². The smallest absolute Gasteiger partial charge is 0.226 e. The lowest BCUT2D eigenvalue weighted by atomic mass is 9.74. The molecule has 1 aliphatic heterocycles. The standard InChI is InChI=1S/C22H23ClN2O3S/c1-15-2-7-19(28-15)21-25-18(13-29-21)12-20(26)24-14-22(8-10-27-11-9-22)16-3-5-17(23)6-4-16/h2-7,13H,8-12,14H2,1H3,(H,24,26). The molecule has 0 saturated carbocycles. The molecule has 0 atom stereocenters. The van der Waals surface area contributed by atoms with Gasteiger partial charge in [-0.3, -0.25) is 4.79 Å². The lowest BCUT2D eigenvalue weighted by molar-refractivity contribution is -0.121. The first-order valence-electron chi connectivity index (χ1n) is 9.66. The summed E-state index contributed by atoms with van der Waals surface area (Å²) in [6.07, 6.45) is 1.99. The predicted molar refractivity (Wildman–Crippen MR) is 114 cm³/mol. The number of carbonyl (C=O) groups is 1. The quantitative estimate of drug-likeness (QED) is 0.611. The van der Waals surface area contributed by atoms with Crippen LogP contribution in [0.25, 0.3) is 10.8 Å². The van der Waals surface area contributed by atoms with Gasteiger partial charge in [0.2, 0.25) is 5.91 Å². The molecule has 1 aromatic carbocycles. The summed E-state index contributed by atoms with van der Waals surface area (Å²) >= 11 is 7.54.